The van der Waals surface area contributed by atoms with E-state index < -0.39 is 0 Å². The minimum atomic E-state index is 0.138. The molecule has 3 aromatic rings. The summed E-state index contributed by atoms with van der Waals surface area (Å²) in [6, 6.07) is 16.6. The Morgan fingerprint density at radius 3 is 2.53 bits per heavy atom. The van der Waals surface area contributed by atoms with Crippen LogP contribution >= 0.6 is 0 Å². The number of benzene rings is 2. The van der Waals surface area contributed by atoms with Gasteiger partial charge in [0.1, 0.15) is 18.5 Å². The molecule has 0 atom stereocenters. The topological polar surface area (TPSA) is 83.3 Å². The summed E-state index contributed by atoms with van der Waals surface area (Å²) in [7, 11) is 1.62. The van der Waals surface area contributed by atoms with E-state index in [4.69, 9.17) is 9.47 Å². The lowest BCUT2D eigenvalue weighted by molar-refractivity contribution is 0.177. The van der Waals surface area contributed by atoms with E-state index in [1.165, 1.54) is 0 Å². The molecule has 0 unspecified atom stereocenters. The SMILES string of the molecule is COc1cc2c(NC3CCN(C(C)C)CC3)nc(C#N)nc2cc1OCc1ccccc1. The normalized spacial score (nSPS) is 15.0. The van der Waals surface area contributed by atoms with E-state index in [1.54, 1.807) is 7.11 Å². The van der Waals surface area contributed by atoms with Gasteiger partial charge in [-0.2, -0.15) is 5.26 Å². The molecule has 1 aliphatic heterocycles. The summed E-state index contributed by atoms with van der Waals surface area (Å²) in [5.41, 5.74) is 1.72. The van der Waals surface area contributed by atoms with Crippen molar-refractivity contribution in [2.24, 2.45) is 0 Å². The molecule has 166 valence electrons. The van der Waals surface area contributed by atoms with Crippen LogP contribution in [0.5, 0.6) is 11.5 Å². The summed E-state index contributed by atoms with van der Waals surface area (Å²) in [5, 5.41) is 13.9. The second-order valence-electron chi connectivity index (χ2n) is 8.35. The number of piperidine rings is 1. The standard InChI is InChI=1S/C25H29N5O2/c1-17(2)30-11-9-19(10-12-30)27-25-20-13-22(31-3)23(14-21(20)28-24(15-26)29-25)32-16-18-7-5-4-6-8-18/h4-8,13-14,17,19H,9-12,16H2,1-3H3,(H,27,28,29). The van der Waals surface area contributed by atoms with E-state index in [9.17, 15) is 5.26 Å². The second-order valence-corrected chi connectivity index (χ2v) is 8.35. The minimum Gasteiger partial charge on any atom is -0.493 e. The van der Waals surface area contributed by atoms with Crippen molar-refractivity contribution in [2.75, 3.05) is 25.5 Å². The average Bonchev–Trinajstić information content (AvgIpc) is 2.83. The molecule has 4 rings (SSSR count). The fraction of sp³-hybridized carbons (Fsp3) is 0.400. The van der Waals surface area contributed by atoms with Crippen molar-refractivity contribution in [3.8, 4) is 17.6 Å². The highest BCUT2D eigenvalue weighted by atomic mass is 16.5. The lowest BCUT2D eigenvalue weighted by Gasteiger charge is -2.35. The van der Waals surface area contributed by atoms with Gasteiger partial charge < -0.3 is 19.7 Å². The van der Waals surface area contributed by atoms with Crippen LogP contribution in [0.1, 0.15) is 38.1 Å². The fourth-order valence-corrected chi connectivity index (χ4v) is 4.06. The quantitative estimate of drug-likeness (QED) is 0.594. The molecule has 1 saturated heterocycles. The summed E-state index contributed by atoms with van der Waals surface area (Å²) in [5.74, 6) is 2.00. The molecule has 0 spiro atoms. The van der Waals surface area contributed by atoms with Gasteiger partial charge in [0.15, 0.2) is 11.5 Å². The van der Waals surface area contributed by atoms with Crippen LogP contribution in [-0.4, -0.2) is 47.2 Å². The molecule has 32 heavy (non-hydrogen) atoms. The lowest BCUT2D eigenvalue weighted by atomic mass is 10.0. The predicted octanol–water partition coefficient (Wildman–Crippen LogP) is 4.37. The zero-order chi connectivity index (χ0) is 22.5. The number of hydrogen-bond acceptors (Lipinski definition) is 7. The number of anilines is 1. The Morgan fingerprint density at radius 2 is 1.88 bits per heavy atom. The predicted molar refractivity (Wildman–Crippen MR) is 125 cm³/mol. The largest absolute Gasteiger partial charge is 0.493 e. The maximum atomic E-state index is 9.48. The first-order valence-electron chi connectivity index (χ1n) is 11.0. The van der Waals surface area contributed by atoms with E-state index >= 15 is 0 Å². The van der Waals surface area contributed by atoms with Crippen LogP contribution in [0.25, 0.3) is 10.9 Å². The van der Waals surface area contributed by atoms with Gasteiger partial charge >= 0.3 is 0 Å². The maximum Gasteiger partial charge on any atom is 0.234 e. The Kier molecular flexibility index (Phi) is 6.72. The first kappa shape index (κ1) is 21.8. The molecular formula is C25H29N5O2. The van der Waals surface area contributed by atoms with E-state index in [2.05, 4.69) is 40.1 Å². The Labute approximate surface area is 189 Å². The molecule has 7 nitrogen and oxygen atoms in total. The molecule has 0 saturated carbocycles. The molecular weight excluding hydrogens is 402 g/mol. The summed E-state index contributed by atoms with van der Waals surface area (Å²) in [6.45, 7) is 6.97. The Balaban J connectivity index is 1.61. The van der Waals surface area contributed by atoms with Gasteiger partial charge in [-0.15, -0.1) is 0 Å². The summed E-state index contributed by atoms with van der Waals surface area (Å²) in [4.78, 5) is 11.4. The van der Waals surface area contributed by atoms with Crippen molar-refractivity contribution < 1.29 is 9.47 Å². The van der Waals surface area contributed by atoms with Gasteiger partial charge in [0.25, 0.3) is 0 Å². The molecule has 0 radical (unpaired) electrons. The molecule has 7 heteroatoms. The average molecular weight is 432 g/mol. The van der Waals surface area contributed by atoms with Gasteiger partial charge in [0.2, 0.25) is 5.82 Å². The molecule has 2 aromatic carbocycles. The van der Waals surface area contributed by atoms with E-state index in [0.29, 0.717) is 41.5 Å². The third-order valence-corrected chi connectivity index (χ3v) is 5.92. The fourth-order valence-electron chi connectivity index (χ4n) is 4.06. The lowest BCUT2D eigenvalue weighted by Crippen LogP contribution is -2.42. The van der Waals surface area contributed by atoms with E-state index in [1.807, 2.05) is 42.5 Å². The third kappa shape index (κ3) is 4.92. The molecule has 1 aromatic heterocycles. The number of nitriles is 1. The molecule has 2 heterocycles. The molecule has 0 amide bonds. The Hall–Kier alpha value is -3.37. The monoisotopic (exact) mass is 431 g/mol. The second kappa shape index (κ2) is 9.84. The van der Waals surface area contributed by atoms with Crippen molar-refractivity contribution in [3.05, 3.63) is 53.9 Å². The van der Waals surface area contributed by atoms with Crippen LogP contribution < -0.4 is 14.8 Å². The van der Waals surface area contributed by atoms with Crippen LogP contribution in [0.15, 0.2) is 42.5 Å². The summed E-state index contributed by atoms with van der Waals surface area (Å²) < 4.78 is 11.6. The number of rotatable bonds is 7. The minimum absolute atomic E-state index is 0.138. The van der Waals surface area contributed by atoms with Crippen LogP contribution in [-0.2, 0) is 6.61 Å². The van der Waals surface area contributed by atoms with Crippen molar-refractivity contribution in [1.29, 1.82) is 5.26 Å². The van der Waals surface area contributed by atoms with Crippen molar-refractivity contribution in [1.82, 2.24) is 14.9 Å². The van der Waals surface area contributed by atoms with E-state index in [0.717, 1.165) is 36.9 Å². The van der Waals surface area contributed by atoms with Gasteiger partial charge in [-0.05, 0) is 38.3 Å². The van der Waals surface area contributed by atoms with Crippen LogP contribution in [0.3, 0.4) is 0 Å². The third-order valence-electron chi connectivity index (χ3n) is 5.92. The zero-order valence-corrected chi connectivity index (χ0v) is 18.8. The zero-order valence-electron chi connectivity index (χ0n) is 18.8. The smallest absolute Gasteiger partial charge is 0.234 e. The van der Waals surface area contributed by atoms with Crippen molar-refractivity contribution in [3.63, 3.8) is 0 Å². The number of fused-ring (bicyclic) bond motifs is 1. The number of likely N-dealkylation sites (tertiary alicyclic amines) is 1. The van der Waals surface area contributed by atoms with Crippen LogP contribution in [0.4, 0.5) is 5.82 Å². The Bertz CT molecular complexity index is 1100. The number of nitrogens with one attached hydrogen (secondary N) is 1. The summed E-state index contributed by atoms with van der Waals surface area (Å²) >= 11 is 0. The maximum absolute atomic E-state index is 9.48. The van der Waals surface area contributed by atoms with Crippen molar-refractivity contribution >= 4 is 16.7 Å². The number of aromatic nitrogens is 2. The van der Waals surface area contributed by atoms with Gasteiger partial charge in [-0.3, -0.25) is 0 Å². The van der Waals surface area contributed by atoms with Crippen molar-refractivity contribution in [2.45, 2.75) is 45.4 Å². The van der Waals surface area contributed by atoms with Gasteiger partial charge in [-0.1, -0.05) is 30.3 Å². The first-order chi connectivity index (χ1) is 15.6. The molecule has 1 N–H and O–H groups in total. The number of methoxy groups -OCH3 is 1. The Morgan fingerprint density at radius 1 is 1.12 bits per heavy atom. The highest BCUT2D eigenvalue weighted by molar-refractivity contribution is 5.92. The van der Waals surface area contributed by atoms with Gasteiger partial charge in [0, 0.05) is 36.6 Å². The number of hydrogen-bond donors (Lipinski definition) is 1. The molecule has 1 fully saturated rings. The van der Waals surface area contributed by atoms with E-state index in [-0.39, 0.29) is 5.82 Å². The number of ether oxygens (including phenoxy) is 2. The molecule has 0 bridgehead atoms. The van der Waals surface area contributed by atoms with Crippen LogP contribution in [0.2, 0.25) is 0 Å². The van der Waals surface area contributed by atoms with Gasteiger partial charge in [0.05, 0.1) is 12.6 Å². The number of nitrogens with zero attached hydrogens (tertiary/aromatic N) is 4. The molecule has 1 aliphatic rings. The highest BCUT2D eigenvalue weighted by Crippen LogP contribution is 2.35. The molecule has 0 aliphatic carbocycles. The first-order valence-corrected chi connectivity index (χ1v) is 11.0. The van der Waals surface area contributed by atoms with Crippen LogP contribution in [0, 0.1) is 11.3 Å². The van der Waals surface area contributed by atoms with Gasteiger partial charge in [-0.25, -0.2) is 9.97 Å². The summed E-state index contributed by atoms with van der Waals surface area (Å²) in [6.07, 6.45) is 2.06. The highest BCUT2D eigenvalue weighted by Gasteiger charge is 2.22.